The first-order valence-corrected chi connectivity index (χ1v) is 8.25. The molecule has 6 nitrogen and oxygen atoms in total. The Kier molecular flexibility index (Phi) is 20.5. The minimum atomic E-state index is -0.0970. The van der Waals surface area contributed by atoms with E-state index in [1.165, 1.54) is 46.3 Å². The average Bonchev–Trinajstić information content (AvgIpc) is 3.29. The summed E-state index contributed by atoms with van der Waals surface area (Å²) in [4.78, 5) is 50.1. The highest BCUT2D eigenvalue weighted by molar-refractivity contribution is 5.97. The maximum atomic E-state index is 10.1. The summed E-state index contributed by atoms with van der Waals surface area (Å²) in [5.74, 6) is -0.0644. The van der Waals surface area contributed by atoms with Crippen molar-refractivity contribution in [3.8, 4) is 0 Å². The number of allylic oxidation sites excluding steroid dienone is 2. The predicted octanol–water partition coefficient (Wildman–Crippen LogP) is 3.06. The topological polar surface area (TPSA) is 97.9 Å². The molecule has 1 saturated heterocycles. The van der Waals surface area contributed by atoms with Crippen LogP contribution in [0.25, 0.3) is 0 Å². The molecule has 0 saturated carbocycles. The largest absolute Gasteiger partial charge is 0.373 e. The summed E-state index contributed by atoms with van der Waals surface area (Å²) in [6, 6.07) is 0. The molecule has 0 aromatic rings. The SMILES string of the molecule is CC(=O)/C=C\C(C)=O.CC(=O)CC(C)=O.CCC(C)=O.CCC1CO1. The minimum Gasteiger partial charge on any atom is -0.373 e. The number of hydrogen-bond donors (Lipinski definition) is 0. The van der Waals surface area contributed by atoms with E-state index >= 15 is 0 Å². The molecule has 0 aliphatic carbocycles. The smallest absolute Gasteiger partial charge is 0.152 e. The van der Waals surface area contributed by atoms with Gasteiger partial charge in [0.25, 0.3) is 0 Å². The van der Waals surface area contributed by atoms with Gasteiger partial charge in [0, 0.05) is 6.42 Å². The lowest BCUT2D eigenvalue weighted by atomic mass is 10.2. The van der Waals surface area contributed by atoms with Crippen LogP contribution < -0.4 is 0 Å². The fraction of sp³-hybridized carbons (Fsp3) is 0.632. The van der Waals surface area contributed by atoms with Crippen LogP contribution in [0.4, 0.5) is 0 Å². The summed E-state index contributed by atoms with van der Waals surface area (Å²) in [5.41, 5.74) is 0. The van der Waals surface area contributed by atoms with Crippen LogP contribution in [-0.2, 0) is 28.7 Å². The third-order valence-electron chi connectivity index (χ3n) is 2.41. The molecule has 0 radical (unpaired) electrons. The predicted molar refractivity (Wildman–Crippen MR) is 97.5 cm³/mol. The second-order valence-corrected chi connectivity index (χ2v) is 5.55. The minimum absolute atomic E-state index is 0.0625. The molecule has 1 rings (SSSR count). The van der Waals surface area contributed by atoms with Crippen LogP contribution in [0.2, 0.25) is 0 Å². The van der Waals surface area contributed by atoms with Gasteiger partial charge in [0.1, 0.15) is 17.3 Å². The normalized spacial score (nSPS) is 13.8. The van der Waals surface area contributed by atoms with Gasteiger partial charge < -0.3 is 9.53 Å². The van der Waals surface area contributed by atoms with E-state index in [0.29, 0.717) is 12.5 Å². The summed E-state index contributed by atoms with van der Waals surface area (Å²) in [5, 5.41) is 0. The Morgan fingerprint density at radius 1 is 0.800 bits per heavy atom. The van der Waals surface area contributed by atoms with E-state index < -0.39 is 0 Å². The van der Waals surface area contributed by atoms with Crippen LogP contribution in [0.15, 0.2) is 12.2 Å². The molecule has 0 amide bonds. The van der Waals surface area contributed by atoms with Crippen LogP contribution in [-0.4, -0.2) is 41.6 Å². The number of carbonyl (C=O) groups excluding carboxylic acids is 5. The fourth-order valence-corrected chi connectivity index (χ4v) is 0.889. The van der Waals surface area contributed by atoms with Gasteiger partial charge in [0.05, 0.1) is 19.1 Å². The molecule has 6 heteroatoms. The van der Waals surface area contributed by atoms with Gasteiger partial charge >= 0.3 is 0 Å². The van der Waals surface area contributed by atoms with Crippen molar-refractivity contribution < 1.29 is 28.7 Å². The highest BCUT2D eigenvalue weighted by atomic mass is 16.6. The first-order valence-electron chi connectivity index (χ1n) is 8.25. The van der Waals surface area contributed by atoms with E-state index in [1.54, 1.807) is 6.92 Å². The number of epoxide rings is 1. The molecular formula is C19H32O6. The van der Waals surface area contributed by atoms with E-state index in [1.807, 2.05) is 6.92 Å². The van der Waals surface area contributed by atoms with Crippen LogP contribution in [0, 0.1) is 0 Å². The molecule has 1 atom stereocenters. The van der Waals surface area contributed by atoms with Crippen molar-refractivity contribution in [1.29, 1.82) is 0 Å². The number of ether oxygens (including phenoxy) is 1. The Morgan fingerprint density at radius 3 is 1.16 bits per heavy atom. The van der Waals surface area contributed by atoms with Gasteiger partial charge in [-0.2, -0.15) is 0 Å². The molecule has 1 fully saturated rings. The van der Waals surface area contributed by atoms with Gasteiger partial charge in [0.15, 0.2) is 11.6 Å². The molecule has 0 aromatic heterocycles. The Morgan fingerprint density at radius 2 is 1.12 bits per heavy atom. The average molecular weight is 356 g/mol. The summed E-state index contributed by atoms with van der Waals surface area (Å²) in [7, 11) is 0. The summed E-state index contributed by atoms with van der Waals surface area (Å²) in [6.45, 7) is 12.2. The van der Waals surface area contributed by atoms with E-state index in [4.69, 9.17) is 4.74 Å². The molecule has 25 heavy (non-hydrogen) atoms. The number of Topliss-reactive ketones (excluding diaryl/α,β-unsaturated/α-hetero) is 3. The highest BCUT2D eigenvalue weighted by Gasteiger charge is 2.18. The Labute approximate surface area is 151 Å². The molecule has 1 heterocycles. The standard InChI is InChI=1S/C6H8O2.C5H8O2.2C4H8O/c1-5(7)3-4-6(2)8;1-4(6)3-5(2)7;1-2-4-3-5-4;1-3-4(2)5/h3-4H,1-2H3;3H2,1-2H3;4H,2-3H2,1H3;3H2,1-2H3/b4-3-;;;. The Hall–Kier alpha value is -1.95. The van der Waals surface area contributed by atoms with Gasteiger partial charge in [-0.1, -0.05) is 13.8 Å². The van der Waals surface area contributed by atoms with Crippen molar-refractivity contribution in [2.45, 2.75) is 73.8 Å². The van der Waals surface area contributed by atoms with Crippen LogP contribution in [0.1, 0.15) is 67.7 Å². The van der Waals surface area contributed by atoms with E-state index in [-0.39, 0.29) is 35.3 Å². The van der Waals surface area contributed by atoms with Gasteiger partial charge in [-0.25, -0.2) is 0 Å². The summed E-state index contributed by atoms with van der Waals surface area (Å²) < 4.78 is 4.86. The molecule has 0 spiro atoms. The van der Waals surface area contributed by atoms with Crippen molar-refractivity contribution in [3.63, 3.8) is 0 Å². The zero-order valence-corrected chi connectivity index (χ0v) is 16.5. The fourth-order valence-electron chi connectivity index (χ4n) is 0.889. The lowest BCUT2D eigenvalue weighted by Crippen LogP contribution is -1.97. The quantitative estimate of drug-likeness (QED) is 0.412. The second kappa shape index (κ2) is 18.4. The van der Waals surface area contributed by atoms with Gasteiger partial charge in [0.2, 0.25) is 0 Å². The van der Waals surface area contributed by atoms with Crippen LogP contribution >= 0.6 is 0 Å². The van der Waals surface area contributed by atoms with Gasteiger partial charge in [-0.15, -0.1) is 0 Å². The van der Waals surface area contributed by atoms with E-state index in [2.05, 4.69) is 6.92 Å². The van der Waals surface area contributed by atoms with Gasteiger partial charge in [-0.05, 0) is 53.2 Å². The van der Waals surface area contributed by atoms with E-state index in [9.17, 15) is 24.0 Å². The third kappa shape index (κ3) is 44.9. The molecule has 0 N–H and O–H groups in total. The third-order valence-corrected chi connectivity index (χ3v) is 2.41. The van der Waals surface area contributed by atoms with Crippen LogP contribution in [0.5, 0.6) is 0 Å². The zero-order chi connectivity index (χ0) is 20.4. The maximum absolute atomic E-state index is 10.1. The first kappa shape index (κ1) is 27.9. The second-order valence-electron chi connectivity index (χ2n) is 5.55. The monoisotopic (exact) mass is 356 g/mol. The number of ketones is 5. The van der Waals surface area contributed by atoms with Crippen molar-refractivity contribution in [2.75, 3.05) is 6.61 Å². The van der Waals surface area contributed by atoms with E-state index in [0.717, 1.165) is 6.61 Å². The maximum Gasteiger partial charge on any atom is 0.152 e. The highest BCUT2D eigenvalue weighted by Crippen LogP contribution is 2.10. The number of hydrogen-bond acceptors (Lipinski definition) is 6. The number of carbonyl (C=O) groups is 5. The first-order chi connectivity index (χ1) is 11.5. The zero-order valence-electron chi connectivity index (χ0n) is 16.5. The lowest BCUT2D eigenvalue weighted by Gasteiger charge is -1.81. The Balaban J connectivity index is -0.000000263. The number of rotatable bonds is 6. The molecule has 144 valence electrons. The molecule has 0 bridgehead atoms. The molecule has 1 unspecified atom stereocenters. The summed E-state index contributed by atoms with van der Waals surface area (Å²) >= 11 is 0. The van der Waals surface area contributed by atoms with Crippen molar-refractivity contribution in [3.05, 3.63) is 12.2 Å². The van der Waals surface area contributed by atoms with Crippen molar-refractivity contribution >= 4 is 28.9 Å². The molecule has 1 aliphatic heterocycles. The lowest BCUT2D eigenvalue weighted by molar-refractivity contribution is -0.124. The van der Waals surface area contributed by atoms with Crippen molar-refractivity contribution in [2.24, 2.45) is 0 Å². The molecular weight excluding hydrogens is 324 g/mol. The summed E-state index contributed by atoms with van der Waals surface area (Å²) in [6.07, 6.45) is 5.08. The molecule has 0 aromatic carbocycles. The van der Waals surface area contributed by atoms with Crippen molar-refractivity contribution in [1.82, 2.24) is 0 Å². The van der Waals surface area contributed by atoms with Crippen LogP contribution in [0.3, 0.4) is 0 Å². The van der Waals surface area contributed by atoms with Gasteiger partial charge in [-0.3, -0.25) is 19.2 Å². The Bertz CT molecular complexity index is 431. The molecule has 1 aliphatic rings.